The summed E-state index contributed by atoms with van der Waals surface area (Å²) in [7, 11) is -1.38. The molecule has 1 saturated heterocycles. The topological polar surface area (TPSA) is 108 Å². The van der Waals surface area contributed by atoms with E-state index in [2.05, 4.69) is 34.7 Å². The Hall–Kier alpha value is -2.75. The van der Waals surface area contributed by atoms with Crippen LogP contribution in [0.1, 0.15) is 25.7 Å². The van der Waals surface area contributed by atoms with Gasteiger partial charge in [-0.15, -0.1) is 0 Å². The summed E-state index contributed by atoms with van der Waals surface area (Å²) in [5, 5.41) is 0.978. The molecule has 0 atom stereocenters. The van der Waals surface area contributed by atoms with Crippen LogP contribution in [-0.2, 0) is 9.84 Å². The lowest BCUT2D eigenvalue weighted by atomic mass is 9.81. The van der Waals surface area contributed by atoms with Gasteiger partial charge in [0.15, 0.2) is 9.84 Å². The third-order valence-corrected chi connectivity index (χ3v) is 8.08. The molecule has 0 radical (unpaired) electrons. The first-order valence-electron chi connectivity index (χ1n) is 10.3. The largest absolute Gasteiger partial charge is 0.356 e. The summed E-state index contributed by atoms with van der Waals surface area (Å²) >= 11 is 0. The smallest absolute Gasteiger partial charge is 0.225 e. The molecule has 3 aromatic rings. The minimum atomic E-state index is -3.39. The summed E-state index contributed by atoms with van der Waals surface area (Å²) in [6.45, 7) is 1.87. The maximum absolute atomic E-state index is 12.8. The predicted molar refractivity (Wildman–Crippen MR) is 114 cm³/mol. The van der Waals surface area contributed by atoms with Gasteiger partial charge in [-0.05, 0) is 37.7 Å². The van der Waals surface area contributed by atoms with Crippen molar-refractivity contribution in [3.63, 3.8) is 0 Å². The van der Waals surface area contributed by atoms with E-state index in [1.807, 2.05) is 19.3 Å². The minimum Gasteiger partial charge on any atom is -0.356 e. The number of H-pyrrole nitrogens is 1. The van der Waals surface area contributed by atoms with Crippen LogP contribution in [0, 0.1) is 5.92 Å². The highest BCUT2D eigenvalue weighted by Gasteiger charge is 2.36. The van der Waals surface area contributed by atoms with Crippen molar-refractivity contribution in [2.24, 2.45) is 5.92 Å². The highest BCUT2D eigenvalue weighted by atomic mass is 32.2. The van der Waals surface area contributed by atoms with Crippen molar-refractivity contribution in [1.29, 1.82) is 0 Å². The lowest BCUT2D eigenvalue weighted by Gasteiger charge is -2.41. The Morgan fingerprint density at radius 3 is 2.60 bits per heavy atom. The molecule has 0 amide bonds. The van der Waals surface area contributed by atoms with E-state index < -0.39 is 9.84 Å². The molecule has 0 unspecified atom stereocenters. The summed E-state index contributed by atoms with van der Waals surface area (Å²) in [5.41, 5.74) is 0.808. The summed E-state index contributed by atoms with van der Waals surface area (Å²) in [4.78, 5) is 24.8. The van der Waals surface area contributed by atoms with E-state index in [-0.39, 0.29) is 22.6 Å². The van der Waals surface area contributed by atoms with Crippen LogP contribution in [0.15, 0.2) is 35.9 Å². The first-order valence-corrected chi connectivity index (χ1v) is 12.0. The lowest BCUT2D eigenvalue weighted by molar-refractivity contribution is 0.282. The van der Waals surface area contributed by atoms with E-state index >= 15 is 0 Å². The maximum atomic E-state index is 12.8. The first kappa shape index (κ1) is 19.2. The van der Waals surface area contributed by atoms with E-state index in [9.17, 15) is 8.42 Å². The molecule has 0 spiro atoms. The van der Waals surface area contributed by atoms with Crippen molar-refractivity contribution in [3.05, 3.63) is 31.0 Å². The number of nitrogens with one attached hydrogen (secondary N) is 1. The van der Waals surface area contributed by atoms with Crippen molar-refractivity contribution in [3.8, 4) is 0 Å². The normalized spacial score (nSPS) is 21.7. The zero-order valence-electron chi connectivity index (χ0n) is 16.9. The Kier molecular flexibility index (Phi) is 4.80. The SMILES string of the molecule is CN(c1ncnc2[nH]ccc12)[C@H]1C[C@@H](CS(=O)(=O)c2cnc(N3CCCC3)nc2)C1. The fourth-order valence-electron chi connectivity index (χ4n) is 4.42. The molecule has 9 nitrogen and oxygen atoms in total. The van der Waals surface area contributed by atoms with E-state index in [0.717, 1.165) is 55.6 Å². The number of hydrogen-bond donors (Lipinski definition) is 1. The lowest BCUT2D eigenvalue weighted by Crippen LogP contribution is -2.45. The third kappa shape index (κ3) is 3.49. The molecule has 0 aromatic carbocycles. The highest BCUT2D eigenvalue weighted by Crippen LogP contribution is 2.36. The van der Waals surface area contributed by atoms with E-state index in [4.69, 9.17) is 0 Å². The van der Waals surface area contributed by atoms with Gasteiger partial charge < -0.3 is 14.8 Å². The van der Waals surface area contributed by atoms with Gasteiger partial charge in [-0.1, -0.05) is 0 Å². The van der Waals surface area contributed by atoms with Crippen LogP contribution in [-0.4, -0.2) is 65.3 Å². The fourth-order valence-corrected chi connectivity index (χ4v) is 5.93. The monoisotopic (exact) mass is 427 g/mol. The van der Waals surface area contributed by atoms with Crippen LogP contribution < -0.4 is 9.80 Å². The Balaban J connectivity index is 1.21. The standard InChI is InChI=1S/C20H25N7O2S/c1-26(19-17-4-5-21-18(17)24-13-25-19)15-8-14(9-15)12-30(28,29)16-10-22-20(23-11-16)27-6-2-3-7-27/h4-5,10-11,13-15H,2-3,6-9,12H2,1H3,(H,21,24,25)/t14-,15+. The Morgan fingerprint density at radius 1 is 1.13 bits per heavy atom. The van der Waals surface area contributed by atoms with Crippen LogP contribution in [0.2, 0.25) is 0 Å². The number of sulfone groups is 1. The van der Waals surface area contributed by atoms with Gasteiger partial charge in [-0.3, -0.25) is 0 Å². The Labute approximate surface area is 175 Å². The first-order chi connectivity index (χ1) is 14.5. The van der Waals surface area contributed by atoms with Gasteiger partial charge in [0.1, 0.15) is 22.7 Å². The molecule has 1 saturated carbocycles. The average Bonchev–Trinajstić information content (AvgIpc) is 3.41. The van der Waals surface area contributed by atoms with Crippen LogP contribution in [0.25, 0.3) is 11.0 Å². The number of rotatable bonds is 6. The number of anilines is 2. The maximum Gasteiger partial charge on any atom is 0.225 e. The predicted octanol–water partition coefficient (Wildman–Crippen LogP) is 2.04. The van der Waals surface area contributed by atoms with Gasteiger partial charge in [0.2, 0.25) is 5.95 Å². The summed E-state index contributed by atoms with van der Waals surface area (Å²) in [6, 6.07) is 2.24. The molecule has 0 bridgehead atoms. The molecule has 2 aliphatic rings. The van der Waals surface area contributed by atoms with Gasteiger partial charge in [-0.2, -0.15) is 0 Å². The van der Waals surface area contributed by atoms with Crippen molar-refractivity contribution in [1.82, 2.24) is 24.9 Å². The van der Waals surface area contributed by atoms with Crippen LogP contribution in [0.4, 0.5) is 11.8 Å². The van der Waals surface area contributed by atoms with Crippen molar-refractivity contribution >= 4 is 32.6 Å². The second-order valence-electron chi connectivity index (χ2n) is 8.23. The fraction of sp³-hybridized carbons (Fsp3) is 0.500. The van der Waals surface area contributed by atoms with E-state index in [0.29, 0.717) is 5.95 Å². The molecule has 1 aliphatic heterocycles. The van der Waals surface area contributed by atoms with Gasteiger partial charge in [0.25, 0.3) is 0 Å². The quantitative estimate of drug-likeness (QED) is 0.637. The molecule has 30 heavy (non-hydrogen) atoms. The van der Waals surface area contributed by atoms with Gasteiger partial charge in [0.05, 0.1) is 23.5 Å². The molecule has 158 valence electrons. The number of aromatic amines is 1. The third-order valence-electron chi connectivity index (χ3n) is 6.24. The van der Waals surface area contributed by atoms with Crippen molar-refractivity contribution in [2.45, 2.75) is 36.6 Å². The molecule has 1 N–H and O–H groups in total. The zero-order chi connectivity index (χ0) is 20.7. The van der Waals surface area contributed by atoms with E-state index in [1.54, 1.807) is 6.33 Å². The molecule has 4 heterocycles. The van der Waals surface area contributed by atoms with Gasteiger partial charge in [0, 0.05) is 32.4 Å². The summed E-state index contributed by atoms with van der Waals surface area (Å²) in [5.74, 6) is 1.76. The number of fused-ring (bicyclic) bond motifs is 1. The second-order valence-corrected chi connectivity index (χ2v) is 10.3. The van der Waals surface area contributed by atoms with E-state index in [1.165, 1.54) is 12.4 Å². The summed E-state index contributed by atoms with van der Waals surface area (Å²) in [6.07, 6.45) is 10.2. The molecule has 2 fully saturated rings. The molecule has 5 rings (SSSR count). The van der Waals surface area contributed by atoms with Crippen molar-refractivity contribution < 1.29 is 8.42 Å². The summed E-state index contributed by atoms with van der Waals surface area (Å²) < 4.78 is 25.6. The highest BCUT2D eigenvalue weighted by molar-refractivity contribution is 7.91. The number of aromatic nitrogens is 5. The molecule has 3 aromatic heterocycles. The van der Waals surface area contributed by atoms with Gasteiger partial charge in [-0.25, -0.2) is 28.4 Å². The molecule has 1 aliphatic carbocycles. The zero-order valence-corrected chi connectivity index (χ0v) is 17.7. The molecule has 10 heteroatoms. The molecular weight excluding hydrogens is 402 g/mol. The number of hydrogen-bond acceptors (Lipinski definition) is 8. The van der Waals surface area contributed by atoms with Crippen molar-refractivity contribution in [2.75, 3.05) is 35.7 Å². The molecular formula is C20H25N7O2S. The van der Waals surface area contributed by atoms with Crippen LogP contribution in [0.5, 0.6) is 0 Å². The average molecular weight is 428 g/mol. The van der Waals surface area contributed by atoms with Crippen LogP contribution in [0.3, 0.4) is 0 Å². The number of nitrogens with zero attached hydrogens (tertiary/aromatic N) is 6. The Bertz CT molecular complexity index is 1130. The second kappa shape index (κ2) is 7.50. The van der Waals surface area contributed by atoms with Crippen LogP contribution >= 0.6 is 0 Å². The van der Waals surface area contributed by atoms with Gasteiger partial charge >= 0.3 is 0 Å². The minimum absolute atomic E-state index is 0.129. The Morgan fingerprint density at radius 2 is 1.87 bits per heavy atom.